The van der Waals surface area contributed by atoms with Crippen LogP contribution in [0, 0.1) is 0 Å². The van der Waals surface area contributed by atoms with Gasteiger partial charge in [-0.05, 0) is 42.0 Å². The van der Waals surface area contributed by atoms with E-state index in [1.54, 1.807) is 0 Å². The highest BCUT2D eigenvalue weighted by Gasteiger charge is 2.22. The Morgan fingerprint density at radius 2 is 2.33 bits per heavy atom. The molecule has 18 heavy (non-hydrogen) atoms. The standard InChI is InChI=1S/C12H14BrN3O2/c1-7(14-2)11-15-9(12(17)18-3)10-8(13)5-4-6-16(10)11/h4-7,14H,1-3H3. The van der Waals surface area contributed by atoms with Crippen molar-refractivity contribution < 1.29 is 9.53 Å². The molecule has 1 N–H and O–H groups in total. The normalized spacial score (nSPS) is 12.7. The molecule has 0 spiro atoms. The monoisotopic (exact) mass is 311 g/mol. The minimum atomic E-state index is -0.436. The van der Waals surface area contributed by atoms with Crippen LogP contribution in [0.1, 0.15) is 29.3 Å². The Morgan fingerprint density at radius 3 is 2.94 bits per heavy atom. The van der Waals surface area contributed by atoms with Gasteiger partial charge in [0, 0.05) is 10.7 Å². The van der Waals surface area contributed by atoms with E-state index < -0.39 is 5.97 Å². The molecule has 1 unspecified atom stereocenters. The predicted molar refractivity (Wildman–Crippen MR) is 71.7 cm³/mol. The summed E-state index contributed by atoms with van der Waals surface area (Å²) < 4.78 is 7.47. The van der Waals surface area contributed by atoms with Crippen molar-refractivity contribution in [2.45, 2.75) is 13.0 Å². The maximum atomic E-state index is 11.8. The molecule has 1 atom stereocenters. The van der Waals surface area contributed by atoms with E-state index in [1.165, 1.54) is 7.11 Å². The van der Waals surface area contributed by atoms with Gasteiger partial charge in [0.15, 0.2) is 5.69 Å². The number of fused-ring (bicyclic) bond motifs is 1. The molecular weight excluding hydrogens is 298 g/mol. The summed E-state index contributed by atoms with van der Waals surface area (Å²) in [4.78, 5) is 16.2. The van der Waals surface area contributed by atoms with Crippen molar-refractivity contribution in [3.63, 3.8) is 0 Å². The zero-order chi connectivity index (χ0) is 13.3. The Hall–Kier alpha value is -1.40. The van der Waals surface area contributed by atoms with Gasteiger partial charge in [-0.1, -0.05) is 0 Å². The van der Waals surface area contributed by atoms with Gasteiger partial charge in [0.2, 0.25) is 0 Å². The molecule has 5 nitrogen and oxygen atoms in total. The molecule has 0 bridgehead atoms. The molecule has 0 radical (unpaired) electrons. The van der Waals surface area contributed by atoms with Crippen molar-refractivity contribution >= 4 is 27.4 Å². The van der Waals surface area contributed by atoms with Gasteiger partial charge in [-0.15, -0.1) is 0 Å². The highest BCUT2D eigenvalue weighted by Crippen LogP contribution is 2.25. The summed E-state index contributed by atoms with van der Waals surface area (Å²) in [5.41, 5.74) is 1.04. The van der Waals surface area contributed by atoms with Gasteiger partial charge in [0.25, 0.3) is 0 Å². The smallest absolute Gasteiger partial charge is 0.358 e. The van der Waals surface area contributed by atoms with Crippen molar-refractivity contribution in [2.75, 3.05) is 14.2 Å². The summed E-state index contributed by atoms with van der Waals surface area (Å²) in [6.45, 7) is 1.98. The number of rotatable bonds is 3. The number of carbonyl (C=O) groups is 1. The lowest BCUT2D eigenvalue weighted by molar-refractivity contribution is 0.0596. The molecule has 0 aromatic carbocycles. The van der Waals surface area contributed by atoms with Crippen LogP contribution < -0.4 is 5.32 Å². The number of aromatic nitrogens is 2. The molecule has 0 aliphatic rings. The first-order chi connectivity index (χ1) is 8.60. The molecule has 0 aliphatic carbocycles. The van der Waals surface area contributed by atoms with E-state index in [0.717, 1.165) is 15.8 Å². The fourth-order valence-electron chi connectivity index (χ4n) is 1.80. The maximum absolute atomic E-state index is 11.8. The van der Waals surface area contributed by atoms with Crippen LogP contribution in [0.2, 0.25) is 0 Å². The number of esters is 1. The predicted octanol–water partition coefficient (Wildman–Crippen LogP) is 2.16. The number of nitrogens with one attached hydrogen (secondary N) is 1. The second kappa shape index (κ2) is 5.07. The lowest BCUT2D eigenvalue weighted by Crippen LogP contribution is -2.15. The molecule has 0 fully saturated rings. The van der Waals surface area contributed by atoms with E-state index in [9.17, 15) is 4.79 Å². The number of nitrogens with zero attached hydrogens (tertiary/aromatic N) is 2. The van der Waals surface area contributed by atoms with E-state index in [-0.39, 0.29) is 6.04 Å². The Balaban J connectivity index is 2.75. The number of carbonyl (C=O) groups excluding carboxylic acids is 1. The lowest BCUT2D eigenvalue weighted by atomic mass is 10.3. The van der Waals surface area contributed by atoms with Crippen LogP contribution in [0.25, 0.3) is 5.52 Å². The highest BCUT2D eigenvalue weighted by atomic mass is 79.9. The van der Waals surface area contributed by atoms with Crippen LogP contribution >= 0.6 is 15.9 Å². The second-order valence-electron chi connectivity index (χ2n) is 3.90. The fraction of sp³-hybridized carbons (Fsp3) is 0.333. The highest BCUT2D eigenvalue weighted by molar-refractivity contribution is 9.10. The third-order valence-corrected chi connectivity index (χ3v) is 3.48. The summed E-state index contributed by atoms with van der Waals surface area (Å²) in [7, 11) is 3.20. The van der Waals surface area contributed by atoms with E-state index in [2.05, 4.69) is 26.2 Å². The van der Waals surface area contributed by atoms with Crippen molar-refractivity contribution in [2.24, 2.45) is 0 Å². The van der Waals surface area contributed by atoms with E-state index >= 15 is 0 Å². The Bertz CT molecular complexity index is 594. The van der Waals surface area contributed by atoms with Crippen LogP contribution in [0.4, 0.5) is 0 Å². The SMILES string of the molecule is CNC(C)c1nc(C(=O)OC)c2c(Br)cccn12. The average Bonchev–Trinajstić information content (AvgIpc) is 2.78. The minimum Gasteiger partial charge on any atom is -0.464 e. The van der Waals surface area contributed by atoms with Gasteiger partial charge >= 0.3 is 5.97 Å². The molecule has 0 saturated carbocycles. The average molecular weight is 312 g/mol. The second-order valence-corrected chi connectivity index (χ2v) is 4.75. The molecule has 0 amide bonds. The Morgan fingerprint density at radius 1 is 1.61 bits per heavy atom. The van der Waals surface area contributed by atoms with Crippen molar-refractivity contribution in [1.82, 2.24) is 14.7 Å². The minimum absolute atomic E-state index is 0.0326. The topological polar surface area (TPSA) is 55.6 Å². The van der Waals surface area contributed by atoms with Crippen molar-refractivity contribution in [3.8, 4) is 0 Å². The van der Waals surface area contributed by atoms with Crippen molar-refractivity contribution in [1.29, 1.82) is 0 Å². The van der Waals surface area contributed by atoms with Crippen molar-refractivity contribution in [3.05, 3.63) is 34.3 Å². The number of ether oxygens (including phenoxy) is 1. The maximum Gasteiger partial charge on any atom is 0.358 e. The van der Waals surface area contributed by atoms with E-state index in [4.69, 9.17) is 4.74 Å². The number of methoxy groups -OCH3 is 1. The number of pyridine rings is 1. The van der Waals surface area contributed by atoms with Gasteiger partial charge in [-0.2, -0.15) is 0 Å². The summed E-state index contributed by atoms with van der Waals surface area (Å²) in [6, 6.07) is 3.80. The third-order valence-electron chi connectivity index (χ3n) is 2.84. The molecule has 0 saturated heterocycles. The molecule has 6 heteroatoms. The molecular formula is C12H14BrN3O2. The zero-order valence-corrected chi connectivity index (χ0v) is 12.0. The summed E-state index contributed by atoms with van der Waals surface area (Å²) in [5.74, 6) is 0.336. The largest absolute Gasteiger partial charge is 0.464 e. The van der Waals surface area contributed by atoms with Gasteiger partial charge in [-0.3, -0.25) is 0 Å². The van der Waals surface area contributed by atoms with Crippen LogP contribution in [-0.4, -0.2) is 29.5 Å². The number of hydrogen-bond donors (Lipinski definition) is 1. The first kappa shape index (κ1) is 13.0. The van der Waals surface area contributed by atoms with Gasteiger partial charge < -0.3 is 14.5 Å². The number of halogens is 1. The molecule has 2 aromatic heterocycles. The van der Waals surface area contributed by atoms with Gasteiger partial charge in [0.05, 0.1) is 18.7 Å². The first-order valence-corrected chi connectivity index (χ1v) is 6.31. The molecule has 2 rings (SSSR count). The Kier molecular flexibility index (Phi) is 3.68. The molecule has 2 heterocycles. The molecule has 0 aliphatic heterocycles. The van der Waals surface area contributed by atoms with Crippen LogP contribution in [0.15, 0.2) is 22.8 Å². The van der Waals surface area contributed by atoms with Crippen LogP contribution in [0.5, 0.6) is 0 Å². The number of imidazole rings is 1. The number of hydrogen-bond acceptors (Lipinski definition) is 4. The third kappa shape index (κ3) is 2.02. The summed E-state index contributed by atoms with van der Waals surface area (Å²) in [5, 5.41) is 3.11. The van der Waals surface area contributed by atoms with E-state index in [1.807, 2.05) is 36.7 Å². The lowest BCUT2D eigenvalue weighted by Gasteiger charge is -2.08. The van der Waals surface area contributed by atoms with Crippen LogP contribution in [-0.2, 0) is 4.74 Å². The first-order valence-electron chi connectivity index (χ1n) is 5.52. The molecule has 96 valence electrons. The fourth-order valence-corrected chi connectivity index (χ4v) is 2.33. The van der Waals surface area contributed by atoms with Gasteiger partial charge in [-0.25, -0.2) is 9.78 Å². The quantitative estimate of drug-likeness (QED) is 0.883. The molecule has 2 aromatic rings. The van der Waals surface area contributed by atoms with Crippen LogP contribution in [0.3, 0.4) is 0 Å². The summed E-state index contributed by atoms with van der Waals surface area (Å²) in [6.07, 6.45) is 1.88. The Labute approximate surface area is 113 Å². The van der Waals surface area contributed by atoms with Gasteiger partial charge in [0.1, 0.15) is 5.82 Å². The summed E-state index contributed by atoms with van der Waals surface area (Å²) >= 11 is 3.44. The van der Waals surface area contributed by atoms with E-state index in [0.29, 0.717) is 5.69 Å². The zero-order valence-electron chi connectivity index (χ0n) is 10.4.